The zero-order valence-corrected chi connectivity index (χ0v) is 16.1. The van der Waals surface area contributed by atoms with Gasteiger partial charge in [0.1, 0.15) is 10.9 Å². The number of allylic oxidation sites excluding steroid dienone is 2. The lowest BCUT2D eigenvalue weighted by Crippen LogP contribution is -2.34. The third-order valence-corrected chi connectivity index (χ3v) is 6.03. The number of hydrogen-bond acceptors (Lipinski definition) is 3. The average molecular weight is 398 g/mol. The molecule has 0 unspecified atom stereocenters. The van der Waals surface area contributed by atoms with Gasteiger partial charge in [-0.05, 0) is 73.1 Å². The van der Waals surface area contributed by atoms with Crippen LogP contribution in [0.4, 0.5) is 5.69 Å². The molecule has 0 spiro atoms. The molecule has 5 heteroatoms. The molecule has 0 N–H and O–H groups in total. The van der Waals surface area contributed by atoms with E-state index in [0.717, 1.165) is 41.2 Å². The Hall–Kier alpha value is -0.970. The van der Waals surface area contributed by atoms with Crippen LogP contribution in [0.25, 0.3) is 0 Å². The predicted octanol–water partition coefficient (Wildman–Crippen LogP) is 4.29. The number of methoxy groups -OCH3 is 1. The van der Waals surface area contributed by atoms with E-state index in [1.54, 1.807) is 7.11 Å². The summed E-state index contributed by atoms with van der Waals surface area (Å²) in [5, 5.41) is 0.745. The number of benzene rings is 1. The molecule has 0 saturated heterocycles. The van der Waals surface area contributed by atoms with Gasteiger partial charge in [-0.1, -0.05) is 17.7 Å². The molecule has 1 aliphatic carbocycles. The molecule has 3 nitrogen and oxygen atoms in total. The normalized spacial score (nSPS) is 21.0. The van der Waals surface area contributed by atoms with Gasteiger partial charge in [0, 0.05) is 23.8 Å². The summed E-state index contributed by atoms with van der Waals surface area (Å²) in [4.78, 5) is 4.47. The zero-order chi connectivity index (χ0) is 16.6. The Balaban J connectivity index is 2.04. The number of fused-ring (bicyclic) bond motifs is 1. The molecule has 1 aliphatic heterocycles. The van der Waals surface area contributed by atoms with Gasteiger partial charge in [-0.2, -0.15) is 0 Å². The van der Waals surface area contributed by atoms with E-state index < -0.39 is 0 Å². The fourth-order valence-electron chi connectivity index (χ4n) is 3.44. The Morgan fingerprint density at radius 3 is 2.78 bits per heavy atom. The van der Waals surface area contributed by atoms with Gasteiger partial charge in [-0.25, -0.2) is 0 Å². The van der Waals surface area contributed by atoms with E-state index in [1.807, 2.05) is 6.08 Å². The van der Waals surface area contributed by atoms with Crippen molar-refractivity contribution in [1.82, 2.24) is 4.90 Å². The van der Waals surface area contributed by atoms with Gasteiger partial charge >= 0.3 is 0 Å². The molecule has 124 valence electrons. The Bertz CT molecular complexity index is 669. The highest BCUT2D eigenvalue weighted by Gasteiger charge is 2.28. The summed E-state index contributed by atoms with van der Waals surface area (Å²) in [6, 6.07) is 4.77. The van der Waals surface area contributed by atoms with Crippen LogP contribution >= 0.6 is 27.5 Å². The van der Waals surface area contributed by atoms with Crippen molar-refractivity contribution in [2.75, 3.05) is 32.6 Å². The summed E-state index contributed by atoms with van der Waals surface area (Å²) in [5.74, 6) is 0.988. The van der Waals surface area contributed by atoms with Gasteiger partial charge in [0.2, 0.25) is 0 Å². The minimum Gasteiger partial charge on any atom is -0.496 e. The van der Waals surface area contributed by atoms with Crippen molar-refractivity contribution in [2.24, 2.45) is 0 Å². The van der Waals surface area contributed by atoms with Crippen LogP contribution in [0.1, 0.15) is 17.5 Å². The van der Waals surface area contributed by atoms with E-state index >= 15 is 0 Å². The minimum absolute atomic E-state index is 0.561. The van der Waals surface area contributed by atoms with Crippen LogP contribution in [0.3, 0.4) is 0 Å². The van der Waals surface area contributed by atoms with Crippen molar-refractivity contribution in [1.29, 1.82) is 0 Å². The summed E-state index contributed by atoms with van der Waals surface area (Å²) in [6.07, 6.45) is 7.36. The van der Waals surface area contributed by atoms with Gasteiger partial charge in [-0.15, -0.1) is 0 Å². The average Bonchev–Trinajstić information content (AvgIpc) is 2.56. The van der Waals surface area contributed by atoms with Gasteiger partial charge in [0.15, 0.2) is 0 Å². The number of ether oxygens (including phenoxy) is 1. The first-order valence-corrected chi connectivity index (χ1v) is 9.04. The number of likely N-dealkylation sites (N-methyl/N-ethyl adjacent to an activating group) is 1. The van der Waals surface area contributed by atoms with Crippen LogP contribution in [0, 0.1) is 0 Å². The van der Waals surface area contributed by atoms with Crippen molar-refractivity contribution in [3.05, 3.63) is 45.1 Å². The van der Waals surface area contributed by atoms with Crippen molar-refractivity contribution in [3.63, 3.8) is 0 Å². The minimum atomic E-state index is 0.561. The first-order valence-electron chi connectivity index (χ1n) is 7.87. The van der Waals surface area contributed by atoms with Crippen molar-refractivity contribution in [2.45, 2.75) is 25.3 Å². The van der Waals surface area contributed by atoms with Gasteiger partial charge in [-0.3, -0.25) is 0 Å². The number of rotatable bonds is 3. The molecule has 0 aromatic heterocycles. The number of halogens is 2. The summed E-state index contributed by atoms with van der Waals surface area (Å²) in [6.45, 7) is 0.795. The Morgan fingerprint density at radius 1 is 1.30 bits per heavy atom. The molecule has 1 aromatic carbocycles. The third-order valence-electron chi connectivity index (χ3n) is 4.76. The molecule has 0 fully saturated rings. The molecule has 2 aliphatic rings. The van der Waals surface area contributed by atoms with E-state index in [0.29, 0.717) is 6.04 Å². The van der Waals surface area contributed by atoms with Crippen LogP contribution in [0.5, 0.6) is 5.75 Å². The monoisotopic (exact) mass is 396 g/mol. The Kier molecular flexibility index (Phi) is 5.04. The van der Waals surface area contributed by atoms with Gasteiger partial charge in [0.25, 0.3) is 0 Å². The Labute approximate surface area is 151 Å². The number of anilines is 1. The second kappa shape index (κ2) is 6.88. The highest BCUT2D eigenvalue weighted by molar-refractivity contribution is 9.12. The molecule has 1 heterocycles. The van der Waals surface area contributed by atoms with Crippen molar-refractivity contribution < 1.29 is 4.74 Å². The van der Waals surface area contributed by atoms with Crippen LogP contribution in [0.2, 0.25) is 0 Å². The van der Waals surface area contributed by atoms with Crippen molar-refractivity contribution >= 4 is 33.2 Å². The van der Waals surface area contributed by atoms with Crippen molar-refractivity contribution in [3.8, 4) is 5.75 Å². The maximum Gasteiger partial charge on any atom is 0.123 e. The summed E-state index contributed by atoms with van der Waals surface area (Å²) in [5.41, 5.74) is 3.89. The highest BCUT2D eigenvalue weighted by Crippen LogP contribution is 2.40. The molecule has 0 bridgehead atoms. The maximum absolute atomic E-state index is 6.53. The quantitative estimate of drug-likeness (QED) is 0.708. The number of nitrogens with zero attached hydrogens (tertiary/aromatic N) is 2. The highest BCUT2D eigenvalue weighted by atomic mass is 79.9. The lowest BCUT2D eigenvalue weighted by atomic mass is 9.85. The molecular formula is C18H22BrClN2O. The molecule has 0 radical (unpaired) electrons. The van der Waals surface area contributed by atoms with Crippen LogP contribution < -0.4 is 9.64 Å². The van der Waals surface area contributed by atoms with E-state index in [9.17, 15) is 0 Å². The van der Waals surface area contributed by atoms with Gasteiger partial charge in [0.05, 0.1) is 11.6 Å². The predicted molar refractivity (Wildman–Crippen MR) is 101 cm³/mol. The smallest absolute Gasteiger partial charge is 0.123 e. The molecular weight excluding hydrogens is 376 g/mol. The van der Waals surface area contributed by atoms with Gasteiger partial charge < -0.3 is 14.5 Å². The molecule has 1 atom stereocenters. The summed E-state index contributed by atoms with van der Waals surface area (Å²) >= 11 is 10.1. The Morgan fingerprint density at radius 2 is 2.09 bits per heavy atom. The largest absolute Gasteiger partial charge is 0.496 e. The topological polar surface area (TPSA) is 15.7 Å². The lowest BCUT2D eigenvalue weighted by Gasteiger charge is -2.35. The molecule has 0 amide bonds. The molecule has 1 aromatic rings. The van der Waals surface area contributed by atoms with Crippen LogP contribution in [0.15, 0.2) is 33.9 Å². The molecule has 3 rings (SSSR count). The van der Waals surface area contributed by atoms with E-state index in [2.05, 4.69) is 58.0 Å². The molecule has 0 saturated carbocycles. The SMILES string of the molecule is COc1ccc(N2CC=CC(Br)=C2Cl)c2c1C[C@@H](N(C)C)CC2. The second-order valence-corrected chi connectivity index (χ2v) is 7.47. The van der Waals surface area contributed by atoms with E-state index in [-0.39, 0.29) is 0 Å². The first kappa shape index (κ1) is 16.9. The first-order chi connectivity index (χ1) is 11.0. The van der Waals surface area contributed by atoms with Crippen LogP contribution in [-0.4, -0.2) is 38.7 Å². The lowest BCUT2D eigenvalue weighted by molar-refractivity contribution is 0.264. The standard InChI is InChI=1S/C18H22BrClN2O/c1-21(2)12-6-7-13-14(11-12)17(23-3)9-8-16(13)22-10-4-5-15(19)18(22)20/h4-5,8-9,12H,6-7,10-11H2,1-3H3/t12-/m0/s1. The third kappa shape index (κ3) is 3.17. The zero-order valence-electron chi connectivity index (χ0n) is 13.8. The van der Waals surface area contributed by atoms with Crippen LogP contribution in [-0.2, 0) is 12.8 Å². The van der Waals surface area contributed by atoms with E-state index in [1.165, 1.54) is 16.8 Å². The fraction of sp³-hybridized carbons (Fsp3) is 0.444. The maximum atomic E-state index is 6.53. The van der Waals surface area contributed by atoms with E-state index in [4.69, 9.17) is 16.3 Å². The number of hydrogen-bond donors (Lipinski definition) is 0. The fourth-order valence-corrected chi connectivity index (χ4v) is 4.06. The summed E-state index contributed by atoms with van der Waals surface area (Å²) < 4.78 is 6.55. The second-order valence-electron chi connectivity index (χ2n) is 6.26. The molecule has 23 heavy (non-hydrogen) atoms. The summed E-state index contributed by atoms with van der Waals surface area (Å²) in [7, 11) is 6.05.